The molecule has 0 heterocycles. The second-order valence-electron chi connectivity index (χ2n) is 12.2. The third kappa shape index (κ3) is 14.1. The predicted octanol–water partition coefficient (Wildman–Crippen LogP) is 5.86. The molecular weight excluding hydrogens is 558 g/mol. The molecule has 2 atom stereocenters. The van der Waals surface area contributed by atoms with E-state index in [0.29, 0.717) is 25.8 Å². The van der Waals surface area contributed by atoms with E-state index in [4.69, 9.17) is 15.2 Å². The zero-order valence-electron chi connectivity index (χ0n) is 27.1. The van der Waals surface area contributed by atoms with E-state index in [2.05, 4.69) is 24.4 Å². The number of ether oxygens (including phenoxy) is 2. The fourth-order valence-corrected chi connectivity index (χ4v) is 4.90. The van der Waals surface area contributed by atoms with Gasteiger partial charge in [0.25, 0.3) is 0 Å². The summed E-state index contributed by atoms with van der Waals surface area (Å²) in [6.07, 6.45) is 4.13. The van der Waals surface area contributed by atoms with E-state index in [9.17, 15) is 19.2 Å². The highest BCUT2D eigenvalue weighted by molar-refractivity contribution is 5.86. The van der Waals surface area contributed by atoms with Crippen LogP contribution < -0.4 is 11.1 Å². The number of hydrogen-bond donors (Lipinski definition) is 2. The van der Waals surface area contributed by atoms with E-state index in [-0.39, 0.29) is 31.8 Å². The second-order valence-corrected chi connectivity index (χ2v) is 12.2. The van der Waals surface area contributed by atoms with E-state index in [1.165, 1.54) is 5.56 Å². The summed E-state index contributed by atoms with van der Waals surface area (Å²) in [5.41, 5.74) is 8.00. The van der Waals surface area contributed by atoms with Crippen molar-refractivity contribution >= 4 is 23.9 Å². The first-order chi connectivity index (χ1) is 20.9. The Morgan fingerprint density at radius 1 is 0.886 bits per heavy atom. The molecule has 3 amide bonds. The molecule has 0 saturated carbocycles. The van der Waals surface area contributed by atoms with Crippen LogP contribution in [0.5, 0.6) is 0 Å². The number of primary amides is 1. The van der Waals surface area contributed by atoms with Crippen molar-refractivity contribution in [2.75, 3.05) is 6.54 Å². The molecule has 0 radical (unpaired) electrons. The summed E-state index contributed by atoms with van der Waals surface area (Å²) < 4.78 is 10.8. The Kier molecular flexibility index (Phi) is 15.4. The van der Waals surface area contributed by atoms with Gasteiger partial charge < -0.3 is 25.4 Å². The molecule has 0 bridgehead atoms. The molecule has 2 rings (SSSR count). The number of amides is 3. The van der Waals surface area contributed by atoms with Crippen molar-refractivity contribution < 1.29 is 28.7 Å². The molecule has 2 aromatic carbocycles. The Morgan fingerprint density at radius 3 is 2.14 bits per heavy atom. The lowest BCUT2D eigenvalue weighted by Crippen LogP contribution is -2.54. The summed E-state index contributed by atoms with van der Waals surface area (Å²) in [7, 11) is 0. The Morgan fingerprint density at radius 2 is 1.55 bits per heavy atom. The molecule has 0 unspecified atom stereocenters. The van der Waals surface area contributed by atoms with Crippen molar-refractivity contribution in [2.45, 2.75) is 117 Å². The summed E-state index contributed by atoms with van der Waals surface area (Å²) in [4.78, 5) is 53.1. The van der Waals surface area contributed by atoms with Crippen LogP contribution in [0.4, 0.5) is 4.79 Å². The van der Waals surface area contributed by atoms with Crippen LogP contribution in [0.2, 0.25) is 0 Å². The van der Waals surface area contributed by atoms with Gasteiger partial charge in [0.05, 0.1) is 0 Å². The van der Waals surface area contributed by atoms with E-state index >= 15 is 0 Å². The summed E-state index contributed by atoms with van der Waals surface area (Å²) in [6.45, 7) is 9.87. The SMILES string of the molecule is CCCCc1ccc(C[C@@H](CC(N)=O)N(CCC)C(=O)[C@H](CCCC(=O)OCc2ccccc2)NC(=O)OC(C)(C)C)cc1. The average molecular weight is 610 g/mol. The molecule has 0 aliphatic rings. The van der Waals surface area contributed by atoms with E-state index < -0.39 is 35.7 Å². The molecule has 0 spiro atoms. The van der Waals surface area contributed by atoms with Crippen molar-refractivity contribution in [3.05, 3.63) is 71.3 Å². The van der Waals surface area contributed by atoms with Crippen molar-refractivity contribution in [3.63, 3.8) is 0 Å². The smallest absolute Gasteiger partial charge is 0.408 e. The minimum atomic E-state index is -0.967. The number of alkyl carbamates (subject to hydrolysis) is 1. The Labute approximate surface area is 262 Å². The van der Waals surface area contributed by atoms with E-state index in [0.717, 1.165) is 30.4 Å². The maximum atomic E-state index is 14.1. The first-order valence-corrected chi connectivity index (χ1v) is 15.8. The molecule has 0 saturated heterocycles. The highest BCUT2D eigenvalue weighted by Crippen LogP contribution is 2.19. The standard InChI is InChI=1S/C35H51N3O6/c1-6-8-13-26-18-20-27(21-19-26)23-29(24-31(36)39)38(22-7-2)33(41)30(37-34(42)44-35(3,4)5)16-12-17-32(40)43-25-28-14-10-9-11-15-28/h9-11,14-15,18-21,29-30H,6-8,12-13,16-17,22-25H2,1-5H3,(H2,36,39)(H,37,42)/t29-,30-/m0/s1. The lowest BCUT2D eigenvalue weighted by atomic mass is 9.97. The number of unbranched alkanes of at least 4 members (excludes halogenated alkanes) is 1. The zero-order valence-corrected chi connectivity index (χ0v) is 27.1. The molecule has 0 aromatic heterocycles. The number of nitrogens with zero attached hydrogens (tertiary/aromatic N) is 1. The molecule has 0 aliphatic carbocycles. The second kappa shape index (κ2) is 18.7. The monoisotopic (exact) mass is 609 g/mol. The highest BCUT2D eigenvalue weighted by Gasteiger charge is 2.32. The molecule has 242 valence electrons. The lowest BCUT2D eigenvalue weighted by molar-refractivity contribution is -0.145. The van der Waals surface area contributed by atoms with Crippen LogP contribution in [-0.4, -0.2) is 53.0 Å². The van der Waals surface area contributed by atoms with Crippen LogP contribution in [0.15, 0.2) is 54.6 Å². The molecule has 9 heteroatoms. The van der Waals surface area contributed by atoms with Gasteiger partial charge in [-0.15, -0.1) is 0 Å². The van der Waals surface area contributed by atoms with Crippen LogP contribution in [0.1, 0.15) is 96.3 Å². The fourth-order valence-electron chi connectivity index (χ4n) is 4.90. The van der Waals surface area contributed by atoms with E-state index in [1.807, 2.05) is 49.4 Å². The number of hydrogen-bond acceptors (Lipinski definition) is 6. The van der Waals surface area contributed by atoms with Gasteiger partial charge in [0.1, 0.15) is 18.2 Å². The predicted molar refractivity (Wildman–Crippen MR) is 172 cm³/mol. The minimum absolute atomic E-state index is 0.0195. The Hall–Kier alpha value is -3.88. The number of nitrogens with two attached hydrogens (primary N) is 1. The Balaban J connectivity index is 2.20. The number of rotatable bonds is 18. The lowest BCUT2D eigenvalue weighted by Gasteiger charge is -2.34. The quantitative estimate of drug-likeness (QED) is 0.204. The zero-order chi connectivity index (χ0) is 32.5. The molecule has 44 heavy (non-hydrogen) atoms. The van der Waals surface area contributed by atoms with E-state index in [1.54, 1.807) is 25.7 Å². The van der Waals surface area contributed by atoms with Crippen molar-refractivity contribution in [3.8, 4) is 0 Å². The van der Waals surface area contributed by atoms with Crippen LogP contribution >= 0.6 is 0 Å². The van der Waals surface area contributed by atoms with Crippen molar-refractivity contribution in [1.82, 2.24) is 10.2 Å². The number of carbonyl (C=O) groups excluding carboxylic acids is 4. The molecular formula is C35H51N3O6. The number of aryl methyl sites for hydroxylation is 1. The third-order valence-corrected chi connectivity index (χ3v) is 7.04. The molecule has 0 aliphatic heterocycles. The van der Waals surface area contributed by atoms with Gasteiger partial charge in [-0.25, -0.2) is 4.79 Å². The van der Waals surface area contributed by atoms with Gasteiger partial charge in [0, 0.05) is 25.4 Å². The first-order valence-electron chi connectivity index (χ1n) is 15.8. The average Bonchev–Trinajstić information content (AvgIpc) is 2.96. The van der Waals surface area contributed by atoms with Gasteiger partial charge in [-0.05, 0) is 76.0 Å². The molecule has 0 fully saturated rings. The van der Waals surface area contributed by atoms with Crippen LogP contribution in [0, 0.1) is 0 Å². The largest absolute Gasteiger partial charge is 0.461 e. The van der Waals surface area contributed by atoms with Gasteiger partial charge in [-0.1, -0.05) is 74.9 Å². The van der Waals surface area contributed by atoms with Crippen LogP contribution in [-0.2, 0) is 43.3 Å². The van der Waals surface area contributed by atoms with Gasteiger partial charge in [-0.3, -0.25) is 14.4 Å². The van der Waals surface area contributed by atoms with Gasteiger partial charge in [0.15, 0.2) is 0 Å². The maximum Gasteiger partial charge on any atom is 0.408 e. The van der Waals surface area contributed by atoms with Gasteiger partial charge in [0.2, 0.25) is 11.8 Å². The molecule has 9 nitrogen and oxygen atoms in total. The summed E-state index contributed by atoms with van der Waals surface area (Å²) in [6, 6.07) is 16.2. The van der Waals surface area contributed by atoms with Crippen LogP contribution in [0.3, 0.4) is 0 Å². The summed E-state index contributed by atoms with van der Waals surface area (Å²) in [5, 5.41) is 2.72. The first kappa shape index (κ1) is 36.3. The van der Waals surface area contributed by atoms with Crippen molar-refractivity contribution in [1.29, 1.82) is 0 Å². The number of benzene rings is 2. The Bertz CT molecular complexity index is 1180. The van der Waals surface area contributed by atoms with Gasteiger partial charge in [-0.2, -0.15) is 0 Å². The minimum Gasteiger partial charge on any atom is -0.461 e. The third-order valence-electron chi connectivity index (χ3n) is 7.04. The van der Waals surface area contributed by atoms with Crippen molar-refractivity contribution in [2.24, 2.45) is 5.73 Å². The summed E-state index contributed by atoms with van der Waals surface area (Å²) in [5.74, 6) is -1.25. The fraction of sp³-hybridized carbons (Fsp3) is 0.543. The molecule has 3 N–H and O–H groups in total. The highest BCUT2D eigenvalue weighted by atomic mass is 16.6. The number of nitrogens with one attached hydrogen (secondary N) is 1. The number of esters is 1. The summed E-state index contributed by atoms with van der Waals surface area (Å²) >= 11 is 0. The maximum absolute atomic E-state index is 14.1. The number of carbonyl (C=O) groups is 4. The molecule has 2 aromatic rings. The normalized spacial score (nSPS) is 12.6. The van der Waals surface area contributed by atoms with Crippen LogP contribution in [0.25, 0.3) is 0 Å². The topological polar surface area (TPSA) is 128 Å². The van der Waals surface area contributed by atoms with Gasteiger partial charge >= 0.3 is 12.1 Å².